The SMILES string of the molecule is O=C(O)C1(Nc2cccc(Cl)c2)CCC2(CC1)C(COCCc1ccc(F)cc1)=Cc1ccccc12. The van der Waals surface area contributed by atoms with E-state index in [0.29, 0.717) is 56.0 Å². The fraction of sp³-hybridized carbons (Fsp3) is 0.300. The van der Waals surface area contributed by atoms with E-state index in [4.69, 9.17) is 16.3 Å². The number of hydrogen-bond acceptors (Lipinski definition) is 3. The van der Waals surface area contributed by atoms with Crippen molar-refractivity contribution in [1.29, 1.82) is 0 Å². The smallest absolute Gasteiger partial charge is 0.329 e. The second kappa shape index (κ2) is 10.1. The van der Waals surface area contributed by atoms with Gasteiger partial charge in [-0.2, -0.15) is 0 Å². The monoisotopic (exact) mass is 505 g/mol. The molecule has 0 bridgehead atoms. The minimum Gasteiger partial charge on any atom is -0.480 e. The molecule has 1 saturated carbocycles. The number of carbonyl (C=O) groups is 1. The molecule has 1 spiro atoms. The van der Waals surface area contributed by atoms with Crippen molar-refractivity contribution in [2.45, 2.75) is 43.1 Å². The Kier molecular flexibility index (Phi) is 6.87. The average molecular weight is 506 g/mol. The summed E-state index contributed by atoms with van der Waals surface area (Å²) < 4.78 is 19.3. The Bertz CT molecular complexity index is 1280. The lowest BCUT2D eigenvalue weighted by molar-refractivity contribution is -0.143. The summed E-state index contributed by atoms with van der Waals surface area (Å²) in [7, 11) is 0. The average Bonchev–Trinajstić information content (AvgIpc) is 3.17. The molecular weight excluding hydrogens is 477 g/mol. The Hall–Kier alpha value is -3.15. The highest BCUT2D eigenvalue weighted by Crippen LogP contribution is 2.53. The predicted octanol–water partition coefficient (Wildman–Crippen LogP) is 6.88. The van der Waals surface area contributed by atoms with Crippen molar-refractivity contribution in [3.05, 3.63) is 106 Å². The summed E-state index contributed by atoms with van der Waals surface area (Å²) in [5.74, 6) is -1.08. The van der Waals surface area contributed by atoms with Gasteiger partial charge in [0, 0.05) is 16.1 Å². The molecule has 0 heterocycles. The summed E-state index contributed by atoms with van der Waals surface area (Å²) in [6, 6.07) is 22.1. The van der Waals surface area contributed by atoms with Gasteiger partial charge in [0.05, 0.1) is 13.2 Å². The lowest BCUT2D eigenvalue weighted by Crippen LogP contribution is -2.52. The van der Waals surface area contributed by atoms with Gasteiger partial charge in [-0.05, 0) is 84.7 Å². The largest absolute Gasteiger partial charge is 0.480 e. The predicted molar refractivity (Wildman–Crippen MR) is 141 cm³/mol. The van der Waals surface area contributed by atoms with Crippen LogP contribution in [-0.4, -0.2) is 29.8 Å². The van der Waals surface area contributed by atoms with Crippen LogP contribution in [0.4, 0.5) is 10.1 Å². The maximum Gasteiger partial charge on any atom is 0.329 e. The highest BCUT2D eigenvalue weighted by molar-refractivity contribution is 6.30. The Morgan fingerprint density at radius 3 is 2.47 bits per heavy atom. The van der Waals surface area contributed by atoms with Crippen LogP contribution in [-0.2, 0) is 21.4 Å². The van der Waals surface area contributed by atoms with E-state index in [-0.39, 0.29) is 11.2 Å². The van der Waals surface area contributed by atoms with Crippen LogP contribution in [0.15, 0.2) is 78.4 Å². The first-order valence-corrected chi connectivity index (χ1v) is 12.7. The zero-order chi connectivity index (χ0) is 25.2. The van der Waals surface area contributed by atoms with Gasteiger partial charge in [-0.25, -0.2) is 9.18 Å². The first kappa shape index (κ1) is 24.5. The van der Waals surface area contributed by atoms with Crippen molar-refractivity contribution in [2.24, 2.45) is 0 Å². The third-order valence-corrected chi connectivity index (χ3v) is 7.94. The molecule has 2 aliphatic rings. The summed E-state index contributed by atoms with van der Waals surface area (Å²) in [6.07, 6.45) is 5.30. The highest BCUT2D eigenvalue weighted by atomic mass is 35.5. The molecule has 0 atom stereocenters. The maximum absolute atomic E-state index is 13.2. The molecular formula is C30H29ClFNO3. The number of carboxylic acids is 1. The van der Waals surface area contributed by atoms with Crippen LogP contribution in [0.2, 0.25) is 5.02 Å². The van der Waals surface area contributed by atoms with E-state index >= 15 is 0 Å². The van der Waals surface area contributed by atoms with E-state index in [0.717, 1.165) is 5.56 Å². The van der Waals surface area contributed by atoms with Crippen LogP contribution >= 0.6 is 11.6 Å². The first-order chi connectivity index (χ1) is 17.4. The van der Waals surface area contributed by atoms with Crippen LogP contribution in [0, 0.1) is 5.82 Å². The maximum atomic E-state index is 13.2. The standard InChI is InChI=1S/C30H29ClFNO3/c31-24-5-3-6-26(19-24)33-30(28(34)35)15-13-29(14-16-30)23(18-22-4-1-2-7-27(22)29)20-36-17-12-21-8-10-25(32)11-9-21/h1-11,18-19,33H,12-17,20H2,(H,34,35). The van der Waals surface area contributed by atoms with Crippen LogP contribution in [0.1, 0.15) is 42.4 Å². The summed E-state index contributed by atoms with van der Waals surface area (Å²) >= 11 is 6.14. The van der Waals surface area contributed by atoms with Gasteiger partial charge >= 0.3 is 5.97 Å². The lowest BCUT2D eigenvalue weighted by atomic mass is 9.62. The molecule has 5 rings (SSSR count). The zero-order valence-corrected chi connectivity index (χ0v) is 20.7. The molecule has 3 aromatic rings. The second-order valence-corrected chi connectivity index (χ2v) is 10.2. The fourth-order valence-corrected chi connectivity index (χ4v) is 5.88. The molecule has 0 amide bonds. The number of benzene rings is 3. The van der Waals surface area contributed by atoms with Gasteiger partial charge in [0.1, 0.15) is 11.4 Å². The number of aliphatic carboxylic acids is 1. The molecule has 6 heteroatoms. The van der Waals surface area contributed by atoms with Gasteiger partial charge in [0.25, 0.3) is 0 Å². The summed E-state index contributed by atoms with van der Waals surface area (Å²) in [5, 5.41) is 14.1. The quantitative estimate of drug-likeness (QED) is 0.327. The van der Waals surface area contributed by atoms with Gasteiger partial charge in [-0.15, -0.1) is 0 Å². The zero-order valence-electron chi connectivity index (χ0n) is 20.0. The van der Waals surface area contributed by atoms with E-state index in [1.54, 1.807) is 24.3 Å². The van der Waals surface area contributed by atoms with E-state index < -0.39 is 11.5 Å². The molecule has 0 unspecified atom stereocenters. The molecule has 186 valence electrons. The molecule has 0 radical (unpaired) electrons. The Morgan fingerprint density at radius 1 is 1.00 bits per heavy atom. The van der Waals surface area contributed by atoms with Crippen molar-refractivity contribution in [3.8, 4) is 0 Å². The Morgan fingerprint density at radius 2 is 1.75 bits per heavy atom. The van der Waals surface area contributed by atoms with Crippen LogP contribution in [0.3, 0.4) is 0 Å². The third-order valence-electron chi connectivity index (χ3n) is 7.70. The lowest BCUT2D eigenvalue weighted by Gasteiger charge is -2.45. The normalized spacial score (nSPS) is 22.8. The van der Waals surface area contributed by atoms with Crippen molar-refractivity contribution in [3.63, 3.8) is 0 Å². The van der Waals surface area contributed by atoms with Crippen molar-refractivity contribution in [1.82, 2.24) is 0 Å². The van der Waals surface area contributed by atoms with Gasteiger partial charge in [0.2, 0.25) is 0 Å². The summed E-state index contributed by atoms with van der Waals surface area (Å²) in [4.78, 5) is 12.5. The topological polar surface area (TPSA) is 58.6 Å². The molecule has 2 aliphatic carbocycles. The van der Waals surface area contributed by atoms with Gasteiger partial charge in [-0.3, -0.25) is 0 Å². The van der Waals surface area contributed by atoms with Crippen LogP contribution < -0.4 is 5.32 Å². The van der Waals surface area contributed by atoms with Crippen LogP contribution in [0.5, 0.6) is 0 Å². The molecule has 4 nitrogen and oxygen atoms in total. The number of fused-ring (bicyclic) bond motifs is 2. The number of ether oxygens (including phenoxy) is 1. The molecule has 1 fully saturated rings. The van der Waals surface area contributed by atoms with Gasteiger partial charge in [-0.1, -0.05) is 60.1 Å². The molecule has 0 aliphatic heterocycles. The minimum atomic E-state index is -1.05. The Balaban J connectivity index is 1.32. The summed E-state index contributed by atoms with van der Waals surface area (Å²) in [5.41, 5.74) is 4.09. The van der Waals surface area contributed by atoms with Crippen LogP contribution in [0.25, 0.3) is 6.08 Å². The van der Waals surface area contributed by atoms with Gasteiger partial charge in [0.15, 0.2) is 0 Å². The number of carboxylic acid groups (broad SMARTS) is 1. The minimum absolute atomic E-state index is 0.235. The van der Waals surface area contributed by atoms with E-state index in [9.17, 15) is 14.3 Å². The number of hydrogen-bond donors (Lipinski definition) is 2. The molecule has 0 aromatic heterocycles. The molecule has 36 heavy (non-hydrogen) atoms. The van der Waals surface area contributed by atoms with Crippen molar-refractivity contribution >= 4 is 29.3 Å². The molecule has 3 aromatic carbocycles. The first-order valence-electron chi connectivity index (χ1n) is 12.3. The number of rotatable bonds is 8. The molecule has 2 N–H and O–H groups in total. The van der Waals surface area contributed by atoms with E-state index in [2.05, 4.69) is 29.6 Å². The van der Waals surface area contributed by atoms with Crippen molar-refractivity contribution in [2.75, 3.05) is 18.5 Å². The van der Waals surface area contributed by atoms with Gasteiger partial charge < -0.3 is 15.2 Å². The fourth-order valence-electron chi connectivity index (χ4n) is 5.69. The van der Waals surface area contributed by atoms with Crippen molar-refractivity contribution < 1.29 is 19.0 Å². The number of anilines is 1. The second-order valence-electron chi connectivity index (χ2n) is 9.79. The molecule has 0 saturated heterocycles. The number of nitrogens with one attached hydrogen (secondary N) is 1. The van der Waals surface area contributed by atoms with E-state index in [1.807, 2.05) is 18.2 Å². The Labute approximate surface area is 215 Å². The third kappa shape index (κ3) is 4.78. The van der Waals surface area contributed by atoms with E-state index in [1.165, 1.54) is 28.8 Å². The summed E-state index contributed by atoms with van der Waals surface area (Å²) in [6.45, 7) is 1.02. The number of halogens is 2. The highest BCUT2D eigenvalue weighted by Gasteiger charge is 2.51.